The van der Waals surface area contributed by atoms with Gasteiger partial charge in [-0.15, -0.1) is 0 Å². The van der Waals surface area contributed by atoms with Gasteiger partial charge in [0.25, 0.3) is 5.91 Å². The average Bonchev–Trinajstić information content (AvgIpc) is 2.62. The standard InChI is InChI=1S/C21H27NO3/c1-14(2)16-6-8-17(9-7-16)21(23)22-11-10-18-13-20(25-5)19(24-4)12-15(18)3/h6-9,12-14H,10-11H2,1-5H3,(H,22,23). The van der Waals surface area contributed by atoms with Gasteiger partial charge >= 0.3 is 0 Å². The molecular formula is C21H27NO3. The number of hydrogen-bond donors (Lipinski definition) is 1. The predicted molar refractivity (Wildman–Crippen MR) is 101 cm³/mol. The van der Waals surface area contributed by atoms with Gasteiger partial charge in [0, 0.05) is 12.1 Å². The maximum Gasteiger partial charge on any atom is 0.251 e. The largest absolute Gasteiger partial charge is 0.493 e. The molecule has 0 bridgehead atoms. The Kier molecular flexibility index (Phi) is 6.45. The van der Waals surface area contributed by atoms with Crippen molar-refractivity contribution in [3.05, 3.63) is 58.7 Å². The Morgan fingerprint density at radius 3 is 2.20 bits per heavy atom. The van der Waals surface area contributed by atoms with Crippen molar-refractivity contribution < 1.29 is 14.3 Å². The number of nitrogens with one attached hydrogen (secondary N) is 1. The molecule has 0 unspecified atom stereocenters. The van der Waals surface area contributed by atoms with Crippen LogP contribution in [0.15, 0.2) is 36.4 Å². The first kappa shape index (κ1) is 18.8. The van der Waals surface area contributed by atoms with E-state index >= 15 is 0 Å². The summed E-state index contributed by atoms with van der Waals surface area (Å²) >= 11 is 0. The molecule has 4 nitrogen and oxygen atoms in total. The minimum Gasteiger partial charge on any atom is -0.493 e. The van der Waals surface area contributed by atoms with Crippen molar-refractivity contribution in [3.63, 3.8) is 0 Å². The maximum atomic E-state index is 12.3. The van der Waals surface area contributed by atoms with E-state index in [1.165, 1.54) is 5.56 Å². The third-order valence-corrected chi connectivity index (χ3v) is 4.36. The van der Waals surface area contributed by atoms with Crippen LogP contribution in [0.3, 0.4) is 0 Å². The molecule has 2 aromatic rings. The number of benzene rings is 2. The van der Waals surface area contributed by atoms with Crippen LogP contribution in [0.1, 0.15) is 46.8 Å². The fourth-order valence-electron chi connectivity index (χ4n) is 2.72. The summed E-state index contributed by atoms with van der Waals surface area (Å²) in [4.78, 5) is 12.3. The number of ether oxygens (including phenoxy) is 2. The zero-order valence-corrected chi connectivity index (χ0v) is 15.7. The number of amides is 1. The molecule has 4 heteroatoms. The molecule has 0 fully saturated rings. The molecule has 0 saturated heterocycles. The van der Waals surface area contributed by atoms with Gasteiger partial charge in [-0.3, -0.25) is 4.79 Å². The monoisotopic (exact) mass is 341 g/mol. The van der Waals surface area contributed by atoms with E-state index in [2.05, 4.69) is 19.2 Å². The average molecular weight is 341 g/mol. The third kappa shape index (κ3) is 4.75. The van der Waals surface area contributed by atoms with Gasteiger partial charge in [0.05, 0.1) is 14.2 Å². The Bertz CT molecular complexity index is 721. The van der Waals surface area contributed by atoms with Crippen LogP contribution in [0.5, 0.6) is 11.5 Å². The fourth-order valence-corrected chi connectivity index (χ4v) is 2.72. The molecule has 2 aromatic carbocycles. The van der Waals surface area contributed by atoms with Gasteiger partial charge in [-0.1, -0.05) is 26.0 Å². The lowest BCUT2D eigenvalue weighted by molar-refractivity contribution is 0.0954. The molecular weight excluding hydrogens is 314 g/mol. The SMILES string of the molecule is COc1cc(C)c(CCNC(=O)c2ccc(C(C)C)cc2)cc1OC. The number of rotatable bonds is 7. The highest BCUT2D eigenvalue weighted by molar-refractivity contribution is 5.94. The number of hydrogen-bond acceptors (Lipinski definition) is 3. The van der Waals surface area contributed by atoms with Gasteiger partial charge in [0.1, 0.15) is 0 Å². The summed E-state index contributed by atoms with van der Waals surface area (Å²) < 4.78 is 10.7. The molecule has 0 saturated carbocycles. The van der Waals surface area contributed by atoms with Crippen LogP contribution in [-0.2, 0) is 6.42 Å². The third-order valence-electron chi connectivity index (χ3n) is 4.36. The highest BCUT2D eigenvalue weighted by Gasteiger charge is 2.10. The highest BCUT2D eigenvalue weighted by atomic mass is 16.5. The molecule has 0 spiro atoms. The summed E-state index contributed by atoms with van der Waals surface area (Å²) in [5, 5.41) is 2.98. The quantitative estimate of drug-likeness (QED) is 0.824. The van der Waals surface area contributed by atoms with Gasteiger partial charge in [-0.2, -0.15) is 0 Å². The maximum absolute atomic E-state index is 12.3. The molecule has 134 valence electrons. The van der Waals surface area contributed by atoms with Crippen molar-refractivity contribution in [2.45, 2.75) is 33.1 Å². The first-order chi connectivity index (χ1) is 12.0. The molecule has 0 aliphatic rings. The number of carbonyl (C=O) groups is 1. The molecule has 1 amide bonds. The van der Waals surface area contributed by atoms with Gasteiger partial charge < -0.3 is 14.8 Å². The highest BCUT2D eigenvalue weighted by Crippen LogP contribution is 2.30. The van der Waals surface area contributed by atoms with Crippen LogP contribution in [0, 0.1) is 6.92 Å². The zero-order chi connectivity index (χ0) is 18.4. The van der Waals surface area contributed by atoms with E-state index in [1.54, 1.807) is 14.2 Å². The lowest BCUT2D eigenvalue weighted by Gasteiger charge is -2.13. The summed E-state index contributed by atoms with van der Waals surface area (Å²) in [6.45, 7) is 6.88. The van der Waals surface area contributed by atoms with E-state index < -0.39 is 0 Å². The van der Waals surface area contributed by atoms with Crippen LogP contribution >= 0.6 is 0 Å². The fraction of sp³-hybridized carbons (Fsp3) is 0.381. The summed E-state index contributed by atoms with van der Waals surface area (Å²) in [6.07, 6.45) is 0.738. The molecule has 0 atom stereocenters. The topological polar surface area (TPSA) is 47.6 Å². The van der Waals surface area contributed by atoms with Crippen molar-refractivity contribution >= 4 is 5.91 Å². The van der Waals surface area contributed by atoms with E-state index in [1.807, 2.05) is 43.3 Å². The number of methoxy groups -OCH3 is 2. The lowest BCUT2D eigenvalue weighted by atomic mass is 10.0. The molecule has 2 rings (SSSR count). The Morgan fingerprint density at radius 1 is 1.04 bits per heavy atom. The number of aryl methyl sites for hydroxylation is 1. The van der Waals surface area contributed by atoms with E-state index in [4.69, 9.17) is 9.47 Å². The van der Waals surface area contributed by atoms with Gasteiger partial charge in [0.2, 0.25) is 0 Å². The van der Waals surface area contributed by atoms with Crippen LogP contribution < -0.4 is 14.8 Å². The van der Waals surface area contributed by atoms with Crippen molar-refractivity contribution in [2.24, 2.45) is 0 Å². The minimum atomic E-state index is -0.0477. The molecule has 0 aliphatic carbocycles. The van der Waals surface area contributed by atoms with Crippen molar-refractivity contribution in [1.82, 2.24) is 5.32 Å². The molecule has 25 heavy (non-hydrogen) atoms. The first-order valence-corrected chi connectivity index (χ1v) is 8.56. The van der Waals surface area contributed by atoms with Crippen LogP contribution in [0.4, 0.5) is 0 Å². The summed E-state index contributed by atoms with van der Waals surface area (Å²) in [5.41, 5.74) is 4.17. The van der Waals surface area contributed by atoms with Gasteiger partial charge in [-0.25, -0.2) is 0 Å². The normalized spacial score (nSPS) is 10.6. The first-order valence-electron chi connectivity index (χ1n) is 8.56. The smallest absolute Gasteiger partial charge is 0.251 e. The summed E-state index contributed by atoms with van der Waals surface area (Å²) in [6, 6.07) is 11.7. The van der Waals surface area contributed by atoms with Crippen molar-refractivity contribution in [1.29, 1.82) is 0 Å². The summed E-state index contributed by atoms with van der Waals surface area (Å²) in [7, 11) is 3.25. The van der Waals surface area contributed by atoms with Gasteiger partial charge in [-0.05, 0) is 60.2 Å². The Morgan fingerprint density at radius 2 is 1.64 bits per heavy atom. The molecule has 0 radical (unpaired) electrons. The van der Waals surface area contributed by atoms with Crippen LogP contribution in [0.25, 0.3) is 0 Å². The summed E-state index contributed by atoms with van der Waals surface area (Å²) in [5.74, 6) is 1.84. The zero-order valence-electron chi connectivity index (χ0n) is 15.7. The second kappa shape index (κ2) is 8.56. The van der Waals surface area contributed by atoms with E-state index in [0.29, 0.717) is 23.8 Å². The lowest BCUT2D eigenvalue weighted by Crippen LogP contribution is -2.25. The van der Waals surface area contributed by atoms with E-state index in [-0.39, 0.29) is 5.91 Å². The number of carbonyl (C=O) groups excluding carboxylic acids is 1. The van der Waals surface area contributed by atoms with Crippen LogP contribution in [0.2, 0.25) is 0 Å². The second-order valence-corrected chi connectivity index (χ2v) is 6.42. The molecule has 0 aromatic heterocycles. The Balaban J connectivity index is 1.97. The molecule has 1 N–H and O–H groups in total. The van der Waals surface area contributed by atoms with Crippen molar-refractivity contribution in [2.75, 3.05) is 20.8 Å². The Hall–Kier alpha value is -2.49. The second-order valence-electron chi connectivity index (χ2n) is 6.42. The van der Waals surface area contributed by atoms with Crippen LogP contribution in [-0.4, -0.2) is 26.7 Å². The van der Waals surface area contributed by atoms with E-state index in [9.17, 15) is 4.79 Å². The van der Waals surface area contributed by atoms with Gasteiger partial charge in [0.15, 0.2) is 11.5 Å². The predicted octanol–water partition coefficient (Wildman–Crippen LogP) is 4.11. The Labute approximate surface area is 150 Å². The van der Waals surface area contributed by atoms with Crippen molar-refractivity contribution in [3.8, 4) is 11.5 Å². The minimum absolute atomic E-state index is 0.0477. The molecule has 0 aliphatic heterocycles. The van der Waals surface area contributed by atoms with E-state index in [0.717, 1.165) is 23.3 Å². The molecule has 0 heterocycles.